The van der Waals surface area contributed by atoms with Gasteiger partial charge in [-0.15, -0.1) is 0 Å². The van der Waals surface area contributed by atoms with Gasteiger partial charge in [0.25, 0.3) is 0 Å². The molecule has 3 nitrogen and oxygen atoms in total. The molecule has 0 radical (unpaired) electrons. The Labute approximate surface area is 97.2 Å². The fraction of sp³-hybridized carbons (Fsp3) is 0.727. The largest absolute Gasteiger partial charge is 0.448 e. The van der Waals surface area contributed by atoms with Crippen LogP contribution in [0.15, 0.2) is 10.7 Å². The van der Waals surface area contributed by atoms with Crippen molar-refractivity contribution >= 4 is 0 Å². The number of hydrogen-bond donors (Lipinski definition) is 1. The van der Waals surface area contributed by atoms with Crippen LogP contribution >= 0.6 is 0 Å². The first-order valence-electron chi connectivity index (χ1n) is 5.71. The van der Waals surface area contributed by atoms with E-state index in [1.165, 1.54) is 0 Å². The first-order chi connectivity index (χ1) is 7.98. The first kappa shape index (κ1) is 12.4. The molecular weight excluding hydrogens is 233 g/mol. The van der Waals surface area contributed by atoms with Gasteiger partial charge >= 0.3 is 6.18 Å². The Hall–Kier alpha value is -1.04. The van der Waals surface area contributed by atoms with Crippen molar-refractivity contribution in [3.8, 4) is 0 Å². The molecule has 1 aliphatic rings. The summed E-state index contributed by atoms with van der Waals surface area (Å²) in [4.78, 5) is 3.58. The summed E-state index contributed by atoms with van der Waals surface area (Å²) in [7, 11) is 0. The van der Waals surface area contributed by atoms with E-state index in [2.05, 4.69) is 4.98 Å². The standard InChI is InChI=1S/C11H15F3N2O/c12-11(13,14)8-6-17-9(16-8)10(7-15)4-2-1-3-5-10/h6H,1-5,7,15H2. The smallest absolute Gasteiger partial charge is 0.436 e. The van der Waals surface area contributed by atoms with Gasteiger partial charge in [0.1, 0.15) is 6.26 Å². The molecule has 2 rings (SSSR count). The molecule has 0 aliphatic heterocycles. The van der Waals surface area contributed by atoms with Crippen molar-refractivity contribution in [1.82, 2.24) is 4.98 Å². The molecule has 1 aromatic heterocycles. The summed E-state index contributed by atoms with van der Waals surface area (Å²) in [6.45, 7) is 0.283. The van der Waals surface area contributed by atoms with Crippen molar-refractivity contribution < 1.29 is 17.6 Å². The Balaban J connectivity index is 2.28. The first-order valence-corrected chi connectivity index (χ1v) is 5.71. The van der Waals surface area contributed by atoms with Gasteiger partial charge in [-0.05, 0) is 12.8 Å². The van der Waals surface area contributed by atoms with E-state index in [0.717, 1.165) is 32.1 Å². The van der Waals surface area contributed by atoms with Crippen LogP contribution in [0.25, 0.3) is 0 Å². The van der Waals surface area contributed by atoms with Crippen LogP contribution in [0.3, 0.4) is 0 Å². The minimum atomic E-state index is -4.45. The normalized spacial score (nSPS) is 20.5. The summed E-state index contributed by atoms with van der Waals surface area (Å²) in [5, 5.41) is 0. The SMILES string of the molecule is NCC1(c2nc(C(F)(F)F)co2)CCCCC1. The lowest BCUT2D eigenvalue weighted by molar-refractivity contribution is -0.141. The molecule has 1 saturated carbocycles. The van der Waals surface area contributed by atoms with E-state index in [-0.39, 0.29) is 12.4 Å². The van der Waals surface area contributed by atoms with E-state index in [1.54, 1.807) is 0 Å². The summed E-state index contributed by atoms with van der Waals surface area (Å²) in [5.41, 5.74) is 4.24. The van der Waals surface area contributed by atoms with Crippen molar-refractivity contribution in [3.05, 3.63) is 17.8 Å². The van der Waals surface area contributed by atoms with Gasteiger partial charge in [0.15, 0.2) is 5.69 Å². The van der Waals surface area contributed by atoms with Gasteiger partial charge < -0.3 is 10.2 Å². The van der Waals surface area contributed by atoms with Crippen LogP contribution in [-0.4, -0.2) is 11.5 Å². The van der Waals surface area contributed by atoms with Gasteiger partial charge in [-0.2, -0.15) is 13.2 Å². The zero-order valence-electron chi connectivity index (χ0n) is 9.39. The summed E-state index contributed by atoms with van der Waals surface area (Å²) in [6.07, 6.45) is 0.743. The predicted octanol–water partition coefficient (Wildman–Crippen LogP) is 2.85. The average Bonchev–Trinajstić information content (AvgIpc) is 2.79. The van der Waals surface area contributed by atoms with E-state index >= 15 is 0 Å². The summed E-state index contributed by atoms with van der Waals surface area (Å²) in [6, 6.07) is 0. The molecule has 96 valence electrons. The molecule has 0 amide bonds. The van der Waals surface area contributed by atoms with E-state index in [0.29, 0.717) is 6.26 Å². The minimum absolute atomic E-state index is 0.145. The molecular formula is C11H15F3N2O. The van der Waals surface area contributed by atoms with Crippen LogP contribution in [0.2, 0.25) is 0 Å². The Morgan fingerprint density at radius 1 is 1.29 bits per heavy atom. The minimum Gasteiger partial charge on any atom is -0.448 e. The van der Waals surface area contributed by atoms with Gasteiger partial charge in [-0.3, -0.25) is 0 Å². The zero-order chi connectivity index (χ0) is 12.5. The fourth-order valence-corrected chi connectivity index (χ4v) is 2.38. The summed E-state index contributed by atoms with van der Waals surface area (Å²) < 4.78 is 42.3. The van der Waals surface area contributed by atoms with Crippen LogP contribution in [0, 0.1) is 0 Å². The van der Waals surface area contributed by atoms with Crippen LogP contribution in [-0.2, 0) is 11.6 Å². The van der Waals surface area contributed by atoms with Crippen molar-refractivity contribution in [2.75, 3.05) is 6.54 Å². The monoisotopic (exact) mass is 248 g/mol. The predicted molar refractivity (Wildman–Crippen MR) is 55.3 cm³/mol. The maximum Gasteiger partial charge on any atom is 0.436 e. The molecule has 2 N–H and O–H groups in total. The molecule has 0 atom stereocenters. The topological polar surface area (TPSA) is 52.0 Å². The molecule has 0 aromatic carbocycles. The third-order valence-corrected chi connectivity index (χ3v) is 3.45. The average molecular weight is 248 g/mol. The molecule has 0 unspecified atom stereocenters. The van der Waals surface area contributed by atoms with Crippen molar-refractivity contribution in [1.29, 1.82) is 0 Å². The molecule has 6 heteroatoms. The quantitative estimate of drug-likeness (QED) is 0.875. The lowest BCUT2D eigenvalue weighted by Crippen LogP contribution is -2.37. The fourth-order valence-electron chi connectivity index (χ4n) is 2.38. The Kier molecular flexibility index (Phi) is 3.16. The van der Waals surface area contributed by atoms with E-state index in [9.17, 15) is 13.2 Å². The Morgan fingerprint density at radius 2 is 1.94 bits per heavy atom. The van der Waals surface area contributed by atoms with E-state index < -0.39 is 17.3 Å². The van der Waals surface area contributed by atoms with Crippen LogP contribution in [0.4, 0.5) is 13.2 Å². The molecule has 1 fully saturated rings. The number of aromatic nitrogens is 1. The number of halogens is 3. The second kappa shape index (κ2) is 4.33. The third-order valence-electron chi connectivity index (χ3n) is 3.45. The van der Waals surface area contributed by atoms with Gasteiger partial charge in [0, 0.05) is 6.54 Å². The van der Waals surface area contributed by atoms with Crippen LogP contribution in [0.5, 0.6) is 0 Å². The van der Waals surface area contributed by atoms with Gasteiger partial charge in [-0.1, -0.05) is 19.3 Å². The maximum absolute atomic E-state index is 12.4. The van der Waals surface area contributed by atoms with Crippen molar-refractivity contribution in [3.63, 3.8) is 0 Å². The van der Waals surface area contributed by atoms with Crippen molar-refractivity contribution in [2.45, 2.75) is 43.7 Å². The molecule has 1 heterocycles. The van der Waals surface area contributed by atoms with E-state index in [1.807, 2.05) is 0 Å². The van der Waals surface area contributed by atoms with Gasteiger partial charge in [0.2, 0.25) is 5.89 Å². The molecule has 17 heavy (non-hydrogen) atoms. The zero-order valence-corrected chi connectivity index (χ0v) is 9.39. The highest BCUT2D eigenvalue weighted by Crippen LogP contribution is 2.39. The second-order valence-electron chi connectivity index (χ2n) is 4.58. The number of alkyl halides is 3. The number of nitrogens with two attached hydrogens (primary N) is 1. The van der Waals surface area contributed by atoms with Gasteiger partial charge in [0.05, 0.1) is 5.41 Å². The number of hydrogen-bond acceptors (Lipinski definition) is 3. The lowest BCUT2D eigenvalue weighted by Gasteiger charge is -2.32. The Morgan fingerprint density at radius 3 is 2.41 bits per heavy atom. The van der Waals surface area contributed by atoms with E-state index in [4.69, 9.17) is 10.2 Å². The highest BCUT2D eigenvalue weighted by Gasteiger charge is 2.41. The highest BCUT2D eigenvalue weighted by molar-refractivity contribution is 5.12. The molecule has 1 aliphatic carbocycles. The highest BCUT2D eigenvalue weighted by atomic mass is 19.4. The molecule has 0 bridgehead atoms. The van der Waals surface area contributed by atoms with Gasteiger partial charge in [-0.25, -0.2) is 4.98 Å². The summed E-state index contributed by atoms with van der Waals surface area (Å²) >= 11 is 0. The Bertz CT molecular complexity index is 380. The third kappa shape index (κ3) is 2.31. The molecule has 0 spiro atoms. The number of rotatable bonds is 2. The van der Waals surface area contributed by atoms with Crippen LogP contribution in [0.1, 0.15) is 43.7 Å². The maximum atomic E-state index is 12.4. The van der Waals surface area contributed by atoms with Crippen LogP contribution < -0.4 is 5.73 Å². The molecule has 0 saturated heterocycles. The summed E-state index contributed by atoms with van der Waals surface area (Å²) in [5.74, 6) is 0.145. The molecule has 1 aromatic rings. The number of oxazole rings is 1. The lowest BCUT2D eigenvalue weighted by atomic mass is 9.74. The van der Waals surface area contributed by atoms with Crippen molar-refractivity contribution in [2.24, 2.45) is 5.73 Å². The number of nitrogens with zero attached hydrogens (tertiary/aromatic N) is 1. The second-order valence-corrected chi connectivity index (χ2v) is 4.58.